The highest BCUT2D eigenvalue weighted by molar-refractivity contribution is 7.71. The molecule has 0 unspecified atom stereocenters. The van der Waals surface area contributed by atoms with Crippen molar-refractivity contribution in [3.63, 3.8) is 0 Å². The lowest BCUT2D eigenvalue weighted by molar-refractivity contribution is 0.401. The van der Waals surface area contributed by atoms with Gasteiger partial charge in [-0.15, -0.1) is 0 Å². The first kappa shape index (κ1) is 12.3. The van der Waals surface area contributed by atoms with Crippen LogP contribution in [0.2, 0.25) is 0 Å². The summed E-state index contributed by atoms with van der Waals surface area (Å²) in [6, 6.07) is 9.24. The number of rotatable bonds is 2. The number of hydrogen-bond donors (Lipinski definition) is 1. The van der Waals surface area contributed by atoms with Crippen LogP contribution in [0.3, 0.4) is 0 Å². The van der Waals surface area contributed by atoms with E-state index in [2.05, 4.69) is 21.0 Å². The first-order valence-electron chi connectivity index (χ1n) is 5.75. The maximum absolute atomic E-state index is 8.99. The second kappa shape index (κ2) is 4.75. The van der Waals surface area contributed by atoms with Gasteiger partial charge in [-0.05, 0) is 30.4 Å². The molecule has 3 rings (SSSR count). The number of hydrogen-bond acceptors (Lipinski definition) is 5. The minimum absolute atomic E-state index is 0.427. The molecule has 0 aliphatic rings. The van der Waals surface area contributed by atoms with E-state index in [1.807, 2.05) is 6.07 Å². The molecule has 2 heterocycles. The van der Waals surface area contributed by atoms with Crippen LogP contribution in [0.4, 0.5) is 0 Å². The van der Waals surface area contributed by atoms with Gasteiger partial charge in [-0.25, -0.2) is 4.98 Å². The molecular weight excluding hydrogens is 274 g/mol. The van der Waals surface area contributed by atoms with Crippen LogP contribution in [0.25, 0.3) is 16.9 Å². The van der Waals surface area contributed by atoms with Gasteiger partial charge in [-0.2, -0.15) is 10.2 Å². The van der Waals surface area contributed by atoms with Crippen LogP contribution in [-0.4, -0.2) is 26.6 Å². The van der Waals surface area contributed by atoms with Crippen molar-refractivity contribution >= 4 is 23.4 Å². The molecule has 3 aromatic rings. The molecule has 0 saturated heterocycles. The third-order valence-corrected chi connectivity index (χ3v) is 3.15. The van der Waals surface area contributed by atoms with Gasteiger partial charge in [-0.3, -0.25) is 4.57 Å². The van der Waals surface area contributed by atoms with E-state index in [4.69, 9.17) is 22.2 Å². The molecule has 0 bridgehead atoms. The third kappa shape index (κ3) is 1.83. The molecule has 20 heavy (non-hydrogen) atoms. The maximum Gasteiger partial charge on any atom is 0.242 e. The van der Waals surface area contributed by atoms with Gasteiger partial charge in [0.05, 0.1) is 24.4 Å². The molecule has 2 aromatic heterocycles. The lowest BCUT2D eigenvalue weighted by Gasteiger charge is -2.04. The average molecular weight is 283 g/mol. The Balaban J connectivity index is 2.34. The first-order valence-corrected chi connectivity index (χ1v) is 6.15. The fraction of sp³-hybridized carbons (Fsp3) is 0.0769. The van der Waals surface area contributed by atoms with E-state index in [1.165, 1.54) is 13.4 Å². The highest BCUT2D eigenvalue weighted by Gasteiger charge is 2.12. The Labute approximate surface area is 119 Å². The molecule has 0 spiro atoms. The number of fused-ring (bicyclic) bond motifs is 1. The molecule has 0 radical (unpaired) electrons. The number of aromatic nitrogens is 4. The van der Waals surface area contributed by atoms with E-state index in [1.54, 1.807) is 22.8 Å². The van der Waals surface area contributed by atoms with Gasteiger partial charge in [0.2, 0.25) is 5.88 Å². The highest BCUT2D eigenvalue weighted by atomic mass is 32.1. The molecule has 98 valence electrons. The molecule has 6 nitrogen and oxygen atoms in total. The number of ether oxygens (including phenoxy) is 1. The molecule has 1 aromatic carbocycles. The summed E-state index contributed by atoms with van der Waals surface area (Å²) in [6.45, 7) is 0. The van der Waals surface area contributed by atoms with Crippen molar-refractivity contribution < 1.29 is 4.74 Å². The number of methoxy groups -OCH3 is 1. The topological polar surface area (TPSA) is 79.5 Å². The van der Waals surface area contributed by atoms with Gasteiger partial charge in [0.1, 0.15) is 11.8 Å². The van der Waals surface area contributed by atoms with E-state index in [0.717, 1.165) is 5.69 Å². The molecular formula is C13H9N5OS. The lowest BCUT2D eigenvalue weighted by atomic mass is 10.2. The predicted molar refractivity (Wildman–Crippen MR) is 75.3 cm³/mol. The Bertz CT molecular complexity index is 890. The van der Waals surface area contributed by atoms with Gasteiger partial charge in [0.15, 0.2) is 10.4 Å². The number of nitrogens with one attached hydrogen (secondary N) is 1. The van der Waals surface area contributed by atoms with E-state index >= 15 is 0 Å². The summed E-state index contributed by atoms with van der Waals surface area (Å²) in [4.78, 5) is 11.3. The SMILES string of the molecule is COc1ncnc2c1[nH]c(=S)n2-c1cccc(C#N)c1. The van der Waals surface area contributed by atoms with Crippen molar-refractivity contribution in [3.05, 3.63) is 40.9 Å². The summed E-state index contributed by atoms with van der Waals surface area (Å²) < 4.78 is 7.39. The monoisotopic (exact) mass is 283 g/mol. The summed E-state index contributed by atoms with van der Waals surface area (Å²) in [5, 5.41) is 8.99. The van der Waals surface area contributed by atoms with Gasteiger partial charge < -0.3 is 9.72 Å². The molecule has 0 atom stereocenters. The second-order valence-electron chi connectivity index (χ2n) is 4.01. The summed E-state index contributed by atoms with van der Waals surface area (Å²) >= 11 is 5.32. The Hall–Kier alpha value is -2.72. The smallest absolute Gasteiger partial charge is 0.242 e. The normalized spacial score (nSPS) is 10.4. The summed E-state index contributed by atoms with van der Waals surface area (Å²) in [6.07, 6.45) is 1.41. The zero-order chi connectivity index (χ0) is 14.1. The van der Waals surface area contributed by atoms with Gasteiger partial charge in [0.25, 0.3) is 0 Å². The lowest BCUT2D eigenvalue weighted by Crippen LogP contribution is -1.97. The Morgan fingerprint density at radius 1 is 1.40 bits per heavy atom. The van der Waals surface area contributed by atoms with Crippen molar-refractivity contribution in [2.24, 2.45) is 0 Å². The van der Waals surface area contributed by atoms with Crippen LogP contribution < -0.4 is 4.74 Å². The molecule has 0 fully saturated rings. The number of nitrogens with zero attached hydrogens (tertiary/aromatic N) is 4. The van der Waals surface area contributed by atoms with E-state index in [-0.39, 0.29) is 0 Å². The van der Waals surface area contributed by atoms with Gasteiger partial charge >= 0.3 is 0 Å². The number of imidazole rings is 1. The van der Waals surface area contributed by atoms with Gasteiger partial charge in [-0.1, -0.05) is 6.07 Å². The molecule has 1 N–H and O–H groups in total. The second-order valence-corrected chi connectivity index (χ2v) is 4.40. The van der Waals surface area contributed by atoms with Crippen LogP contribution in [0, 0.1) is 16.1 Å². The number of aromatic amines is 1. The van der Waals surface area contributed by atoms with Crippen molar-refractivity contribution in [2.45, 2.75) is 0 Å². The summed E-state index contributed by atoms with van der Waals surface area (Å²) in [5.41, 5.74) is 2.56. The van der Waals surface area contributed by atoms with Crippen molar-refractivity contribution in [3.8, 4) is 17.6 Å². The number of nitriles is 1. The van der Waals surface area contributed by atoms with E-state index in [0.29, 0.717) is 27.4 Å². The quantitative estimate of drug-likeness (QED) is 0.730. The van der Waals surface area contributed by atoms with Crippen LogP contribution in [0.5, 0.6) is 5.88 Å². The first-order chi connectivity index (χ1) is 9.74. The third-order valence-electron chi connectivity index (χ3n) is 2.87. The molecule has 0 aliphatic heterocycles. The van der Waals surface area contributed by atoms with Crippen molar-refractivity contribution in [1.29, 1.82) is 5.26 Å². The fourth-order valence-corrected chi connectivity index (χ4v) is 2.30. The van der Waals surface area contributed by atoms with Crippen molar-refractivity contribution in [1.82, 2.24) is 19.5 Å². The number of H-pyrrole nitrogens is 1. The fourth-order valence-electron chi connectivity index (χ4n) is 2.01. The Kier molecular flexibility index (Phi) is 2.93. The zero-order valence-corrected chi connectivity index (χ0v) is 11.3. The van der Waals surface area contributed by atoms with E-state index < -0.39 is 0 Å². The van der Waals surface area contributed by atoms with Gasteiger partial charge in [0, 0.05) is 0 Å². The Morgan fingerprint density at radius 2 is 2.25 bits per heavy atom. The molecule has 0 amide bonds. The summed E-state index contributed by atoms with van der Waals surface area (Å²) in [5.74, 6) is 0.427. The standard InChI is InChI=1S/C13H9N5OS/c1-19-12-10-11(15-7-16-12)18(13(20)17-10)9-4-2-3-8(5-9)6-14/h2-5,7H,1H3,(H,17,20). The van der Waals surface area contributed by atoms with Crippen LogP contribution >= 0.6 is 12.2 Å². The highest BCUT2D eigenvalue weighted by Crippen LogP contribution is 2.23. The minimum Gasteiger partial charge on any atom is -0.479 e. The number of benzene rings is 1. The molecule has 0 aliphatic carbocycles. The predicted octanol–water partition coefficient (Wildman–Crippen LogP) is 2.36. The minimum atomic E-state index is 0.427. The zero-order valence-electron chi connectivity index (χ0n) is 10.5. The van der Waals surface area contributed by atoms with Crippen molar-refractivity contribution in [2.75, 3.05) is 7.11 Å². The van der Waals surface area contributed by atoms with E-state index in [9.17, 15) is 0 Å². The molecule has 0 saturated carbocycles. The Morgan fingerprint density at radius 3 is 3.00 bits per heavy atom. The average Bonchev–Trinajstić information content (AvgIpc) is 2.83. The molecule has 7 heteroatoms. The summed E-state index contributed by atoms with van der Waals surface area (Å²) in [7, 11) is 1.53. The maximum atomic E-state index is 8.99. The van der Waals surface area contributed by atoms with Crippen LogP contribution in [0.15, 0.2) is 30.6 Å². The van der Waals surface area contributed by atoms with Crippen LogP contribution in [-0.2, 0) is 0 Å². The van der Waals surface area contributed by atoms with Crippen LogP contribution in [0.1, 0.15) is 5.56 Å². The largest absolute Gasteiger partial charge is 0.479 e.